The molecule has 0 bridgehead atoms. The zero-order valence-corrected chi connectivity index (χ0v) is 8.53. The van der Waals surface area contributed by atoms with Crippen LogP contribution in [0.2, 0.25) is 0 Å². The van der Waals surface area contributed by atoms with E-state index in [0.717, 1.165) is 18.9 Å². The van der Waals surface area contributed by atoms with Gasteiger partial charge < -0.3 is 10.3 Å². The maximum atomic E-state index is 5.02. The van der Waals surface area contributed by atoms with Gasteiger partial charge >= 0.3 is 0 Å². The first-order chi connectivity index (χ1) is 6.20. The van der Waals surface area contributed by atoms with Gasteiger partial charge in [0.2, 0.25) is 0 Å². The van der Waals surface area contributed by atoms with Crippen LogP contribution >= 0.6 is 12.2 Å². The van der Waals surface area contributed by atoms with Crippen molar-refractivity contribution in [3.05, 3.63) is 16.0 Å². The lowest BCUT2D eigenvalue weighted by molar-refractivity contribution is 0.351. The molecule has 0 saturated heterocycles. The Morgan fingerprint density at radius 1 is 1.54 bits per heavy atom. The monoisotopic (exact) mass is 196 g/mol. The van der Waals surface area contributed by atoms with E-state index in [2.05, 4.69) is 27.2 Å². The van der Waals surface area contributed by atoms with E-state index >= 15 is 0 Å². The fraction of sp³-hybridized carbons (Fsp3) is 0.500. The number of nitrogens with one attached hydrogen (secondary N) is 2. The van der Waals surface area contributed by atoms with E-state index in [1.165, 1.54) is 11.3 Å². The fourth-order valence-corrected chi connectivity index (χ4v) is 1.87. The van der Waals surface area contributed by atoms with Gasteiger partial charge in [-0.1, -0.05) is 0 Å². The van der Waals surface area contributed by atoms with Crippen LogP contribution in [0.5, 0.6) is 0 Å². The molecule has 1 aliphatic heterocycles. The molecule has 2 heterocycles. The SMILES string of the molecule is CNc1nc(=S)[nH]c2c1CN(C)C2. The molecule has 0 spiro atoms. The standard InChI is InChI=1S/C8H12N4S/c1-9-7-5-3-12(2)4-6(5)10-8(13)11-7/h3-4H2,1-2H3,(H2,9,10,11,13). The van der Waals surface area contributed by atoms with Crippen LogP contribution in [0, 0.1) is 4.77 Å². The molecule has 0 fully saturated rings. The highest BCUT2D eigenvalue weighted by Gasteiger charge is 2.19. The Balaban J connectivity index is 2.56. The summed E-state index contributed by atoms with van der Waals surface area (Å²) in [6.07, 6.45) is 0. The second kappa shape index (κ2) is 3.08. The van der Waals surface area contributed by atoms with Crippen molar-refractivity contribution in [3.63, 3.8) is 0 Å². The number of anilines is 1. The van der Waals surface area contributed by atoms with Gasteiger partial charge in [-0.25, -0.2) is 4.98 Å². The summed E-state index contributed by atoms with van der Waals surface area (Å²) in [6, 6.07) is 0. The second-order valence-electron chi connectivity index (χ2n) is 3.27. The lowest BCUT2D eigenvalue weighted by Crippen LogP contribution is -2.08. The van der Waals surface area contributed by atoms with Crippen LogP contribution in [0.25, 0.3) is 0 Å². The van der Waals surface area contributed by atoms with E-state index < -0.39 is 0 Å². The minimum absolute atomic E-state index is 0.554. The summed E-state index contributed by atoms with van der Waals surface area (Å²) in [6.45, 7) is 1.86. The van der Waals surface area contributed by atoms with Crippen molar-refractivity contribution in [1.29, 1.82) is 0 Å². The zero-order valence-electron chi connectivity index (χ0n) is 7.72. The van der Waals surface area contributed by atoms with E-state index in [1.807, 2.05) is 7.05 Å². The highest BCUT2D eigenvalue weighted by Crippen LogP contribution is 2.24. The van der Waals surface area contributed by atoms with Crippen LogP contribution in [0.3, 0.4) is 0 Å². The predicted molar refractivity (Wildman–Crippen MR) is 54.1 cm³/mol. The molecular formula is C8H12N4S. The van der Waals surface area contributed by atoms with Crippen LogP contribution in [-0.2, 0) is 13.1 Å². The summed E-state index contributed by atoms with van der Waals surface area (Å²) in [5.41, 5.74) is 2.42. The first kappa shape index (κ1) is 8.65. The summed E-state index contributed by atoms with van der Waals surface area (Å²) in [5.74, 6) is 0.906. The van der Waals surface area contributed by atoms with Gasteiger partial charge in [-0.2, -0.15) is 0 Å². The number of H-pyrrole nitrogens is 1. The first-order valence-corrected chi connectivity index (χ1v) is 4.60. The Labute approximate surface area is 82.0 Å². The van der Waals surface area contributed by atoms with Gasteiger partial charge in [-0.15, -0.1) is 0 Å². The number of nitrogens with zero attached hydrogens (tertiary/aromatic N) is 2. The maximum absolute atomic E-state index is 5.02. The molecule has 0 amide bonds. The second-order valence-corrected chi connectivity index (χ2v) is 3.66. The molecule has 0 aliphatic carbocycles. The molecule has 0 atom stereocenters. The molecule has 1 aliphatic rings. The Morgan fingerprint density at radius 2 is 2.31 bits per heavy atom. The average Bonchev–Trinajstić information content (AvgIpc) is 2.43. The van der Waals surface area contributed by atoms with Crippen LogP contribution in [0.15, 0.2) is 0 Å². The lowest BCUT2D eigenvalue weighted by atomic mass is 10.2. The summed E-state index contributed by atoms with van der Waals surface area (Å²) >= 11 is 5.02. The van der Waals surface area contributed by atoms with E-state index in [4.69, 9.17) is 12.2 Å². The molecule has 0 radical (unpaired) electrons. The van der Waals surface area contributed by atoms with Crippen LogP contribution in [0.4, 0.5) is 5.82 Å². The maximum Gasteiger partial charge on any atom is 0.199 e. The summed E-state index contributed by atoms with van der Waals surface area (Å²) in [7, 11) is 3.95. The summed E-state index contributed by atoms with van der Waals surface area (Å²) in [5, 5.41) is 3.06. The van der Waals surface area contributed by atoms with Gasteiger partial charge in [0.15, 0.2) is 4.77 Å². The van der Waals surface area contributed by atoms with Gasteiger partial charge in [0, 0.05) is 31.4 Å². The first-order valence-electron chi connectivity index (χ1n) is 4.19. The van der Waals surface area contributed by atoms with E-state index in [9.17, 15) is 0 Å². The predicted octanol–water partition coefficient (Wildman–Crippen LogP) is 1.13. The zero-order chi connectivity index (χ0) is 9.42. The molecule has 0 aromatic carbocycles. The van der Waals surface area contributed by atoms with Crippen molar-refractivity contribution in [2.75, 3.05) is 19.4 Å². The van der Waals surface area contributed by atoms with Crippen LogP contribution in [-0.4, -0.2) is 29.0 Å². The van der Waals surface area contributed by atoms with Crippen molar-refractivity contribution in [2.24, 2.45) is 0 Å². The smallest absolute Gasteiger partial charge is 0.199 e. The minimum atomic E-state index is 0.554. The molecule has 2 rings (SSSR count). The van der Waals surface area contributed by atoms with Gasteiger partial charge in [-0.3, -0.25) is 4.90 Å². The Hall–Kier alpha value is -0.940. The quantitative estimate of drug-likeness (QED) is 0.661. The minimum Gasteiger partial charge on any atom is -0.373 e. The summed E-state index contributed by atoms with van der Waals surface area (Å²) < 4.78 is 0.554. The number of aromatic nitrogens is 2. The van der Waals surface area contributed by atoms with E-state index in [1.54, 1.807) is 0 Å². The topological polar surface area (TPSA) is 44.0 Å². The van der Waals surface area contributed by atoms with Crippen molar-refractivity contribution in [3.8, 4) is 0 Å². The third-order valence-electron chi connectivity index (χ3n) is 2.21. The van der Waals surface area contributed by atoms with Crippen LogP contribution < -0.4 is 5.32 Å². The molecule has 0 unspecified atom stereocenters. The average molecular weight is 196 g/mol. The molecule has 70 valence electrons. The number of aromatic amines is 1. The highest BCUT2D eigenvalue weighted by molar-refractivity contribution is 7.71. The molecule has 2 N–H and O–H groups in total. The number of hydrogen-bond acceptors (Lipinski definition) is 4. The summed E-state index contributed by atoms with van der Waals surface area (Å²) in [4.78, 5) is 9.55. The Bertz CT molecular complexity index is 384. The third-order valence-corrected chi connectivity index (χ3v) is 2.41. The Morgan fingerprint density at radius 3 is 3.00 bits per heavy atom. The molecule has 5 heteroatoms. The van der Waals surface area contributed by atoms with Crippen molar-refractivity contribution in [1.82, 2.24) is 14.9 Å². The molecule has 13 heavy (non-hydrogen) atoms. The fourth-order valence-electron chi connectivity index (χ4n) is 1.65. The highest BCUT2D eigenvalue weighted by atomic mass is 32.1. The van der Waals surface area contributed by atoms with Crippen molar-refractivity contribution in [2.45, 2.75) is 13.1 Å². The number of hydrogen-bond donors (Lipinski definition) is 2. The third kappa shape index (κ3) is 1.45. The van der Waals surface area contributed by atoms with E-state index in [-0.39, 0.29) is 0 Å². The molecular weight excluding hydrogens is 184 g/mol. The van der Waals surface area contributed by atoms with Gasteiger partial charge in [0.05, 0.1) is 0 Å². The van der Waals surface area contributed by atoms with Crippen molar-refractivity contribution >= 4 is 18.0 Å². The molecule has 1 aromatic rings. The van der Waals surface area contributed by atoms with Crippen LogP contribution in [0.1, 0.15) is 11.3 Å². The van der Waals surface area contributed by atoms with Gasteiger partial charge in [0.25, 0.3) is 0 Å². The number of rotatable bonds is 1. The molecule has 4 nitrogen and oxygen atoms in total. The van der Waals surface area contributed by atoms with Crippen molar-refractivity contribution < 1.29 is 0 Å². The van der Waals surface area contributed by atoms with E-state index in [0.29, 0.717) is 4.77 Å². The normalized spacial score (nSPS) is 15.8. The van der Waals surface area contributed by atoms with Gasteiger partial charge in [-0.05, 0) is 19.3 Å². The largest absolute Gasteiger partial charge is 0.373 e. The molecule has 1 aromatic heterocycles. The lowest BCUT2D eigenvalue weighted by Gasteiger charge is -2.05. The van der Waals surface area contributed by atoms with Gasteiger partial charge in [0.1, 0.15) is 5.82 Å². The number of fused-ring (bicyclic) bond motifs is 1. The molecule has 0 saturated carbocycles. The Kier molecular flexibility index (Phi) is 2.05.